The second-order valence-electron chi connectivity index (χ2n) is 11.5. The van der Waals surface area contributed by atoms with Crippen molar-refractivity contribution in [2.75, 3.05) is 38.1 Å². The summed E-state index contributed by atoms with van der Waals surface area (Å²) in [5.41, 5.74) is 2.19. The predicted molar refractivity (Wildman–Crippen MR) is 166 cm³/mol. The monoisotopic (exact) mass is 608 g/mol. The predicted octanol–water partition coefficient (Wildman–Crippen LogP) is 4.22. The SMILES string of the molecule is Cn1ncc(Cl)c1C1(C(=O)NC(CCN(CCCCc2ccc3c(n2)NCCC3)CCOc2ccccc2)C(=O)O)CC1. The van der Waals surface area contributed by atoms with Gasteiger partial charge in [-0.3, -0.25) is 14.4 Å². The maximum Gasteiger partial charge on any atom is 0.326 e. The highest BCUT2D eigenvalue weighted by atomic mass is 35.5. The summed E-state index contributed by atoms with van der Waals surface area (Å²) in [6.45, 7) is 3.39. The number of fused-ring (bicyclic) bond motifs is 1. The zero-order chi connectivity index (χ0) is 30.2. The molecule has 1 aliphatic heterocycles. The van der Waals surface area contributed by atoms with Gasteiger partial charge in [-0.2, -0.15) is 5.10 Å². The molecule has 3 N–H and O–H groups in total. The van der Waals surface area contributed by atoms with E-state index in [1.807, 2.05) is 30.3 Å². The van der Waals surface area contributed by atoms with E-state index in [1.54, 1.807) is 11.7 Å². The molecule has 2 aliphatic rings. The zero-order valence-electron chi connectivity index (χ0n) is 24.7. The summed E-state index contributed by atoms with van der Waals surface area (Å²) >= 11 is 6.33. The van der Waals surface area contributed by atoms with E-state index in [1.165, 1.54) is 11.8 Å². The smallest absolute Gasteiger partial charge is 0.326 e. The molecule has 1 aromatic carbocycles. The number of aliphatic carboxylic acids is 1. The summed E-state index contributed by atoms with van der Waals surface area (Å²) in [5, 5.41) is 20.8. The summed E-state index contributed by atoms with van der Waals surface area (Å²) in [6, 6.07) is 13.0. The number of benzene rings is 1. The number of ether oxygens (including phenoxy) is 1. The lowest BCUT2D eigenvalue weighted by molar-refractivity contribution is -0.142. The van der Waals surface area contributed by atoms with Gasteiger partial charge in [-0.25, -0.2) is 9.78 Å². The number of hydrogen-bond donors (Lipinski definition) is 3. The maximum absolute atomic E-state index is 13.3. The molecule has 3 heterocycles. The van der Waals surface area contributed by atoms with E-state index in [-0.39, 0.29) is 12.3 Å². The van der Waals surface area contributed by atoms with Crippen molar-refractivity contribution in [1.82, 2.24) is 25.0 Å². The molecular formula is C32H41ClN6O4. The molecule has 1 fully saturated rings. The summed E-state index contributed by atoms with van der Waals surface area (Å²) < 4.78 is 7.54. The Kier molecular flexibility index (Phi) is 10.2. The van der Waals surface area contributed by atoms with Crippen LogP contribution in [0.15, 0.2) is 48.7 Å². The third-order valence-electron chi connectivity index (χ3n) is 8.40. The van der Waals surface area contributed by atoms with Gasteiger partial charge in [-0.15, -0.1) is 0 Å². The normalized spacial score (nSPS) is 15.8. The van der Waals surface area contributed by atoms with Crippen molar-refractivity contribution >= 4 is 29.3 Å². The number of unbranched alkanes of at least 4 members (excludes halogenated alkanes) is 1. The molecule has 0 bridgehead atoms. The molecule has 0 radical (unpaired) electrons. The van der Waals surface area contributed by atoms with E-state index >= 15 is 0 Å². The molecule has 1 atom stereocenters. The molecule has 230 valence electrons. The lowest BCUT2D eigenvalue weighted by Crippen LogP contribution is -2.47. The van der Waals surface area contributed by atoms with Gasteiger partial charge in [0, 0.05) is 32.4 Å². The Hall–Kier alpha value is -3.63. The van der Waals surface area contributed by atoms with Crippen LogP contribution in [0.5, 0.6) is 5.75 Å². The van der Waals surface area contributed by atoms with Crippen LogP contribution >= 0.6 is 11.6 Å². The third kappa shape index (κ3) is 7.86. The molecule has 2 aromatic heterocycles. The quantitative estimate of drug-likeness (QED) is 0.207. The van der Waals surface area contributed by atoms with Crippen LogP contribution in [0.25, 0.3) is 0 Å². The first-order valence-corrected chi connectivity index (χ1v) is 15.6. The Bertz CT molecular complexity index is 1370. The molecular weight excluding hydrogens is 568 g/mol. The largest absolute Gasteiger partial charge is 0.492 e. The Morgan fingerprint density at radius 2 is 1.98 bits per heavy atom. The van der Waals surface area contributed by atoms with Crippen LogP contribution in [0.2, 0.25) is 5.02 Å². The minimum absolute atomic E-state index is 0.277. The number of nitrogens with one attached hydrogen (secondary N) is 2. The minimum atomic E-state index is -1.05. The fraction of sp³-hybridized carbons (Fsp3) is 0.500. The van der Waals surface area contributed by atoms with E-state index < -0.39 is 17.4 Å². The second-order valence-corrected chi connectivity index (χ2v) is 11.9. The van der Waals surface area contributed by atoms with Crippen LogP contribution in [0, 0.1) is 0 Å². The van der Waals surface area contributed by atoms with Crippen molar-refractivity contribution in [2.24, 2.45) is 7.05 Å². The number of nitrogens with zero attached hydrogens (tertiary/aromatic N) is 4. The molecule has 5 rings (SSSR count). The molecule has 11 heteroatoms. The highest BCUT2D eigenvalue weighted by Crippen LogP contribution is 2.50. The number of amides is 1. The van der Waals surface area contributed by atoms with Gasteiger partial charge in [0.1, 0.15) is 24.2 Å². The van der Waals surface area contributed by atoms with Gasteiger partial charge in [0.15, 0.2) is 0 Å². The van der Waals surface area contributed by atoms with E-state index in [0.29, 0.717) is 43.3 Å². The average Bonchev–Trinajstić information content (AvgIpc) is 3.74. The van der Waals surface area contributed by atoms with E-state index in [0.717, 1.165) is 62.5 Å². The van der Waals surface area contributed by atoms with Crippen LogP contribution in [0.1, 0.15) is 55.5 Å². The number of carbonyl (C=O) groups is 2. The van der Waals surface area contributed by atoms with Gasteiger partial charge in [-0.05, 0) is 81.7 Å². The fourth-order valence-corrected chi connectivity index (χ4v) is 6.15. The molecule has 10 nitrogen and oxygen atoms in total. The number of hydrogen-bond acceptors (Lipinski definition) is 7. The highest BCUT2D eigenvalue weighted by Gasteiger charge is 2.55. The molecule has 43 heavy (non-hydrogen) atoms. The molecule has 3 aromatic rings. The number of para-hydroxylation sites is 1. The number of aryl methyl sites for hydroxylation is 3. The van der Waals surface area contributed by atoms with Gasteiger partial charge < -0.3 is 20.5 Å². The average molecular weight is 609 g/mol. The molecule has 1 unspecified atom stereocenters. The zero-order valence-corrected chi connectivity index (χ0v) is 25.5. The first-order chi connectivity index (χ1) is 20.9. The van der Waals surface area contributed by atoms with Crippen molar-refractivity contribution < 1.29 is 19.4 Å². The number of carboxylic acids is 1. The van der Waals surface area contributed by atoms with E-state index in [2.05, 4.69) is 32.8 Å². The topological polar surface area (TPSA) is 122 Å². The van der Waals surface area contributed by atoms with Gasteiger partial charge in [0.05, 0.1) is 22.3 Å². The Morgan fingerprint density at radius 3 is 2.70 bits per heavy atom. The first kappa shape index (κ1) is 30.8. The second kappa shape index (κ2) is 14.2. The summed E-state index contributed by atoms with van der Waals surface area (Å²) in [7, 11) is 1.75. The van der Waals surface area contributed by atoms with Crippen LogP contribution in [-0.4, -0.2) is 75.5 Å². The summed E-state index contributed by atoms with van der Waals surface area (Å²) in [6.07, 6.45) is 8.03. The van der Waals surface area contributed by atoms with E-state index in [9.17, 15) is 14.7 Å². The van der Waals surface area contributed by atoms with Crippen LogP contribution in [0.4, 0.5) is 5.82 Å². The number of carbonyl (C=O) groups excluding carboxylic acids is 1. The molecule has 1 saturated carbocycles. The van der Waals surface area contributed by atoms with Gasteiger partial charge in [0.2, 0.25) is 5.91 Å². The standard InChI is InChI=1S/C32H41ClN6O4/c1-38-28(26(33)22-35-38)32(15-16-32)31(42)37-27(30(40)41)14-19-39(20-21-43-25-10-3-2-4-11-25)18-6-5-9-24-13-12-23-8-7-17-34-29(23)36-24/h2-4,10-13,22,27H,5-9,14-21H2,1H3,(H,34,36)(H,37,42)(H,40,41). The number of anilines is 1. The van der Waals surface area contributed by atoms with E-state index in [4.69, 9.17) is 21.3 Å². The van der Waals surface area contributed by atoms with Crippen molar-refractivity contribution in [3.05, 3.63) is 70.6 Å². The molecule has 0 spiro atoms. The Morgan fingerprint density at radius 1 is 1.16 bits per heavy atom. The molecule has 1 amide bonds. The number of pyridine rings is 1. The fourth-order valence-electron chi connectivity index (χ4n) is 5.81. The number of aromatic nitrogens is 3. The minimum Gasteiger partial charge on any atom is -0.492 e. The number of carboxylic acid groups (broad SMARTS) is 1. The van der Waals surface area contributed by atoms with Crippen molar-refractivity contribution in [3.8, 4) is 5.75 Å². The summed E-state index contributed by atoms with van der Waals surface area (Å²) in [5.74, 6) is 0.460. The van der Waals surface area contributed by atoms with Crippen LogP contribution in [0.3, 0.4) is 0 Å². The Balaban J connectivity index is 1.16. The van der Waals surface area contributed by atoms with Gasteiger partial charge in [0.25, 0.3) is 0 Å². The maximum atomic E-state index is 13.3. The van der Waals surface area contributed by atoms with Crippen molar-refractivity contribution in [1.29, 1.82) is 0 Å². The molecule has 0 saturated heterocycles. The number of halogens is 1. The number of rotatable bonds is 16. The van der Waals surface area contributed by atoms with Crippen molar-refractivity contribution in [2.45, 2.75) is 62.8 Å². The molecule has 1 aliphatic carbocycles. The lowest BCUT2D eigenvalue weighted by atomic mass is 10.00. The van der Waals surface area contributed by atoms with Crippen molar-refractivity contribution in [3.63, 3.8) is 0 Å². The van der Waals surface area contributed by atoms with Gasteiger partial charge >= 0.3 is 5.97 Å². The summed E-state index contributed by atoms with van der Waals surface area (Å²) in [4.78, 5) is 32.6. The highest BCUT2D eigenvalue weighted by molar-refractivity contribution is 6.31. The van der Waals surface area contributed by atoms with Crippen LogP contribution < -0.4 is 15.4 Å². The third-order valence-corrected chi connectivity index (χ3v) is 8.67. The van der Waals surface area contributed by atoms with Crippen LogP contribution in [-0.2, 0) is 34.9 Å². The lowest BCUT2D eigenvalue weighted by Gasteiger charge is -2.25. The Labute approximate surface area is 257 Å². The first-order valence-electron chi connectivity index (χ1n) is 15.2. The van der Waals surface area contributed by atoms with Gasteiger partial charge in [-0.1, -0.05) is 35.9 Å².